The Morgan fingerprint density at radius 2 is 2.18 bits per heavy atom. The van der Waals surface area contributed by atoms with Crippen LogP contribution in [0.2, 0.25) is 0 Å². The van der Waals surface area contributed by atoms with Crippen molar-refractivity contribution in [1.82, 2.24) is 4.98 Å². The number of pyridine rings is 1. The van der Waals surface area contributed by atoms with E-state index < -0.39 is 6.10 Å². The Morgan fingerprint density at radius 1 is 1.35 bits per heavy atom. The van der Waals surface area contributed by atoms with Crippen LogP contribution in [0.3, 0.4) is 0 Å². The van der Waals surface area contributed by atoms with Crippen LogP contribution in [0.1, 0.15) is 22.8 Å². The highest BCUT2D eigenvalue weighted by atomic mass is 79.9. The first kappa shape index (κ1) is 12.3. The Morgan fingerprint density at radius 3 is 2.82 bits per heavy atom. The van der Waals surface area contributed by atoms with Crippen molar-refractivity contribution in [2.75, 3.05) is 0 Å². The predicted molar refractivity (Wildman–Crippen MR) is 71.8 cm³/mol. The normalized spacial score (nSPS) is 12.4. The molecule has 88 valence electrons. The summed E-state index contributed by atoms with van der Waals surface area (Å²) in [5.41, 5.74) is 3.11. The fraction of sp³-hybridized carbons (Fsp3) is 0.214. The largest absolute Gasteiger partial charge is 0.388 e. The van der Waals surface area contributed by atoms with E-state index in [1.807, 2.05) is 37.3 Å². The molecule has 3 heteroatoms. The van der Waals surface area contributed by atoms with Crippen molar-refractivity contribution < 1.29 is 5.11 Å². The zero-order chi connectivity index (χ0) is 12.3. The molecule has 0 aliphatic heterocycles. The van der Waals surface area contributed by atoms with Gasteiger partial charge in [-0.25, -0.2) is 0 Å². The standard InChI is InChI=1S/C14H14BrNO/c1-10-5-12(8-13(15)6-10)14(17)7-11-3-2-4-16-9-11/h2-6,8-9,14,17H,7H2,1H3. The van der Waals surface area contributed by atoms with Crippen LogP contribution in [0.25, 0.3) is 0 Å². The Labute approximate surface area is 109 Å². The summed E-state index contributed by atoms with van der Waals surface area (Å²) in [7, 11) is 0. The highest BCUT2D eigenvalue weighted by Crippen LogP contribution is 2.23. The number of hydrogen-bond donors (Lipinski definition) is 1. The molecule has 2 rings (SSSR count). The number of aliphatic hydroxyl groups is 1. The van der Waals surface area contributed by atoms with E-state index in [0.29, 0.717) is 6.42 Å². The average molecular weight is 292 g/mol. The van der Waals surface area contributed by atoms with Crippen molar-refractivity contribution in [2.24, 2.45) is 0 Å². The number of aliphatic hydroxyl groups excluding tert-OH is 1. The van der Waals surface area contributed by atoms with E-state index in [9.17, 15) is 5.11 Å². The molecular formula is C14H14BrNO. The molecule has 1 aromatic heterocycles. The number of hydrogen-bond acceptors (Lipinski definition) is 2. The van der Waals surface area contributed by atoms with Crippen LogP contribution in [0.5, 0.6) is 0 Å². The lowest BCUT2D eigenvalue weighted by Crippen LogP contribution is -2.02. The summed E-state index contributed by atoms with van der Waals surface area (Å²) in [5.74, 6) is 0. The molecular weight excluding hydrogens is 278 g/mol. The van der Waals surface area contributed by atoms with Gasteiger partial charge in [0.2, 0.25) is 0 Å². The molecule has 2 nitrogen and oxygen atoms in total. The SMILES string of the molecule is Cc1cc(Br)cc(C(O)Cc2cccnc2)c1. The van der Waals surface area contributed by atoms with Gasteiger partial charge in [-0.15, -0.1) is 0 Å². The molecule has 1 atom stereocenters. The highest BCUT2D eigenvalue weighted by molar-refractivity contribution is 9.10. The van der Waals surface area contributed by atoms with Crippen LogP contribution in [-0.2, 0) is 6.42 Å². The van der Waals surface area contributed by atoms with E-state index >= 15 is 0 Å². The Kier molecular flexibility index (Phi) is 3.92. The van der Waals surface area contributed by atoms with Gasteiger partial charge in [0.25, 0.3) is 0 Å². The first-order chi connectivity index (χ1) is 8.15. The molecule has 1 heterocycles. The maximum atomic E-state index is 10.2. The summed E-state index contributed by atoms with van der Waals surface area (Å²) in [6, 6.07) is 9.84. The molecule has 0 bridgehead atoms. The topological polar surface area (TPSA) is 33.1 Å². The second-order valence-corrected chi connectivity index (χ2v) is 5.06. The number of nitrogens with zero attached hydrogens (tertiary/aromatic N) is 1. The molecule has 0 aliphatic rings. The fourth-order valence-corrected chi connectivity index (χ4v) is 2.44. The van der Waals surface area contributed by atoms with Gasteiger partial charge in [-0.1, -0.05) is 28.1 Å². The quantitative estimate of drug-likeness (QED) is 0.940. The molecule has 0 aliphatic carbocycles. The van der Waals surface area contributed by atoms with Gasteiger partial charge >= 0.3 is 0 Å². The van der Waals surface area contributed by atoms with Gasteiger partial charge in [-0.2, -0.15) is 0 Å². The number of aromatic nitrogens is 1. The van der Waals surface area contributed by atoms with Gasteiger partial charge in [0.05, 0.1) is 6.10 Å². The second kappa shape index (κ2) is 5.43. The molecule has 17 heavy (non-hydrogen) atoms. The maximum absolute atomic E-state index is 10.2. The van der Waals surface area contributed by atoms with Crippen LogP contribution in [0.15, 0.2) is 47.2 Å². The lowest BCUT2D eigenvalue weighted by atomic mass is 10.0. The van der Waals surface area contributed by atoms with Gasteiger partial charge in [0.15, 0.2) is 0 Å². The first-order valence-electron chi connectivity index (χ1n) is 5.49. The Bertz CT molecular complexity index is 479. The average Bonchev–Trinajstić information content (AvgIpc) is 2.29. The summed E-state index contributed by atoms with van der Waals surface area (Å²) in [5, 5.41) is 10.2. The second-order valence-electron chi connectivity index (χ2n) is 4.14. The van der Waals surface area contributed by atoms with E-state index in [1.54, 1.807) is 12.4 Å². The van der Waals surface area contributed by atoms with Crippen molar-refractivity contribution in [1.29, 1.82) is 0 Å². The van der Waals surface area contributed by atoms with Crippen LogP contribution < -0.4 is 0 Å². The molecule has 0 saturated heterocycles. The third-order valence-electron chi connectivity index (χ3n) is 2.60. The molecule has 0 saturated carbocycles. The van der Waals surface area contributed by atoms with Crippen LogP contribution in [-0.4, -0.2) is 10.1 Å². The Balaban J connectivity index is 2.17. The first-order valence-corrected chi connectivity index (χ1v) is 6.28. The van der Waals surface area contributed by atoms with Crippen molar-refractivity contribution in [3.05, 3.63) is 63.9 Å². The smallest absolute Gasteiger partial charge is 0.0831 e. The minimum atomic E-state index is -0.490. The van der Waals surface area contributed by atoms with E-state index in [2.05, 4.69) is 20.9 Å². The van der Waals surface area contributed by atoms with Gasteiger partial charge in [0.1, 0.15) is 0 Å². The molecule has 0 spiro atoms. The lowest BCUT2D eigenvalue weighted by molar-refractivity contribution is 0.178. The Hall–Kier alpha value is -1.19. The minimum Gasteiger partial charge on any atom is -0.388 e. The van der Waals surface area contributed by atoms with Crippen molar-refractivity contribution in [3.63, 3.8) is 0 Å². The van der Waals surface area contributed by atoms with E-state index in [1.165, 1.54) is 0 Å². The van der Waals surface area contributed by atoms with Gasteiger partial charge in [0, 0.05) is 23.3 Å². The predicted octanol–water partition coefficient (Wildman–Crippen LogP) is 3.43. The van der Waals surface area contributed by atoms with Crippen molar-refractivity contribution in [3.8, 4) is 0 Å². The van der Waals surface area contributed by atoms with E-state index in [4.69, 9.17) is 0 Å². The molecule has 1 aromatic carbocycles. The maximum Gasteiger partial charge on any atom is 0.0831 e. The monoisotopic (exact) mass is 291 g/mol. The van der Waals surface area contributed by atoms with Crippen LogP contribution in [0.4, 0.5) is 0 Å². The molecule has 2 aromatic rings. The number of benzene rings is 1. The summed E-state index contributed by atoms with van der Waals surface area (Å²) in [6.45, 7) is 2.02. The van der Waals surface area contributed by atoms with Crippen molar-refractivity contribution >= 4 is 15.9 Å². The van der Waals surface area contributed by atoms with Crippen LogP contribution in [0, 0.1) is 6.92 Å². The third-order valence-corrected chi connectivity index (χ3v) is 3.06. The zero-order valence-electron chi connectivity index (χ0n) is 9.60. The summed E-state index contributed by atoms with van der Waals surface area (Å²) in [6.07, 6.45) is 3.62. The summed E-state index contributed by atoms with van der Waals surface area (Å²) >= 11 is 3.44. The summed E-state index contributed by atoms with van der Waals surface area (Å²) in [4.78, 5) is 4.05. The summed E-state index contributed by atoms with van der Waals surface area (Å²) < 4.78 is 0.998. The molecule has 0 fully saturated rings. The minimum absolute atomic E-state index is 0.490. The number of aryl methyl sites for hydroxylation is 1. The molecule has 1 unspecified atom stereocenters. The lowest BCUT2D eigenvalue weighted by Gasteiger charge is -2.12. The van der Waals surface area contributed by atoms with Gasteiger partial charge in [-0.3, -0.25) is 4.98 Å². The number of halogens is 1. The van der Waals surface area contributed by atoms with Crippen LogP contribution >= 0.6 is 15.9 Å². The molecule has 0 amide bonds. The highest BCUT2D eigenvalue weighted by Gasteiger charge is 2.09. The van der Waals surface area contributed by atoms with Crippen molar-refractivity contribution in [2.45, 2.75) is 19.4 Å². The van der Waals surface area contributed by atoms with E-state index in [-0.39, 0.29) is 0 Å². The zero-order valence-corrected chi connectivity index (χ0v) is 11.2. The van der Waals surface area contributed by atoms with E-state index in [0.717, 1.165) is 21.2 Å². The van der Waals surface area contributed by atoms with Gasteiger partial charge < -0.3 is 5.11 Å². The molecule has 0 radical (unpaired) electrons. The fourth-order valence-electron chi connectivity index (χ4n) is 1.82. The third kappa shape index (κ3) is 3.38. The number of rotatable bonds is 3. The van der Waals surface area contributed by atoms with Gasteiger partial charge in [-0.05, 0) is 41.8 Å². The molecule has 1 N–H and O–H groups in total.